The zero-order valence-electron chi connectivity index (χ0n) is 13.7. The summed E-state index contributed by atoms with van der Waals surface area (Å²) in [4.78, 5) is 36.5. The number of Topliss-reactive ketones (excluding diaryl/α,β-unsaturated/α-hetero) is 1. The molecule has 0 bridgehead atoms. The lowest BCUT2D eigenvalue weighted by Gasteiger charge is -2.16. The van der Waals surface area contributed by atoms with Gasteiger partial charge in [0.1, 0.15) is 5.78 Å². The summed E-state index contributed by atoms with van der Waals surface area (Å²) in [6.45, 7) is 5.85. The van der Waals surface area contributed by atoms with Crippen LogP contribution in [0.3, 0.4) is 0 Å². The number of hydrogen-bond donors (Lipinski definition) is 0. The summed E-state index contributed by atoms with van der Waals surface area (Å²) in [5, 5.41) is 0. The number of carbonyl (C=O) groups excluding carboxylic acids is 1. The number of nitrogens with zero attached hydrogens (tertiary/aromatic N) is 2. The van der Waals surface area contributed by atoms with E-state index in [0.29, 0.717) is 11.3 Å². The fourth-order valence-corrected chi connectivity index (χ4v) is 2.70. The zero-order valence-corrected chi connectivity index (χ0v) is 13.7. The Balaban J connectivity index is 3.16. The average molecular weight is 294 g/mol. The fourth-order valence-electron chi connectivity index (χ4n) is 2.70. The van der Waals surface area contributed by atoms with E-state index in [2.05, 4.69) is 13.8 Å². The second-order valence-electron chi connectivity index (χ2n) is 5.69. The lowest BCUT2D eigenvalue weighted by atomic mass is 9.90. The van der Waals surface area contributed by atoms with E-state index in [-0.39, 0.29) is 29.4 Å². The van der Waals surface area contributed by atoms with Crippen molar-refractivity contribution in [3.05, 3.63) is 32.1 Å². The highest BCUT2D eigenvalue weighted by molar-refractivity contribution is 5.83. The summed E-state index contributed by atoms with van der Waals surface area (Å²) in [5.74, 6) is 0.124. The minimum absolute atomic E-state index is 0.0151. The molecule has 1 aromatic rings. The van der Waals surface area contributed by atoms with Crippen molar-refractivity contribution in [2.75, 3.05) is 0 Å². The van der Waals surface area contributed by atoms with Gasteiger partial charge >= 0.3 is 5.69 Å². The SMILES string of the molecule is CCCC(CCC)C(=O)Cc1c(C)n(C)c(=O)n(C)c1=O. The molecule has 0 N–H and O–H groups in total. The van der Waals surface area contributed by atoms with Crippen molar-refractivity contribution in [1.29, 1.82) is 0 Å². The molecule has 118 valence electrons. The van der Waals surface area contributed by atoms with Gasteiger partial charge in [-0.1, -0.05) is 26.7 Å². The van der Waals surface area contributed by atoms with Crippen LogP contribution in [-0.4, -0.2) is 14.9 Å². The molecule has 0 unspecified atom stereocenters. The van der Waals surface area contributed by atoms with E-state index in [1.165, 1.54) is 11.6 Å². The number of ketones is 1. The van der Waals surface area contributed by atoms with Crippen LogP contribution in [0.25, 0.3) is 0 Å². The molecule has 0 atom stereocenters. The first-order chi connectivity index (χ1) is 9.84. The summed E-state index contributed by atoms with van der Waals surface area (Å²) in [7, 11) is 3.08. The van der Waals surface area contributed by atoms with E-state index < -0.39 is 0 Å². The molecule has 5 heteroatoms. The largest absolute Gasteiger partial charge is 0.330 e. The van der Waals surface area contributed by atoms with Gasteiger partial charge in [-0.15, -0.1) is 0 Å². The van der Waals surface area contributed by atoms with Crippen LogP contribution >= 0.6 is 0 Å². The quantitative estimate of drug-likeness (QED) is 0.769. The molecule has 1 rings (SSSR count). The summed E-state index contributed by atoms with van der Waals surface area (Å²) >= 11 is 0. The predicted octanol–water partition coefficient (Wildman–Crippen LogP) is 1.72. The average Bonchev–Trinajstić information content (AvgIpc) is 2.47. The van der Waals surface area contributed by atoms with Gasteiger partial charge in [0, 0.05) is 37.7 Å². The summed E-state index contributed by atoms with van der Waals surface area (Å²) in [6, 6.07) is 0. The zero-order chi connectivity index (χ0) is 16.2. The third-order valence-electron chi connectivity index (χ3n) is 4.16. The molecule has 0 saturated carbocycles. The van der Waals surface area contributed by atoms with Gasteiger partial charge in [0.05, 0.1) is 0 Å². The first-order valence-corrected chi connectivity index (χ1v) is 7.63. The van der Waals surface area contributed by atoms with E-state index in [1.54, 1.807) is 14.0 Å². The van der Waals surface area contributed by atoms with Gasteiger partial charge in [-0.3, -0.25) is 14.2 Å². The van der Waals surface area contributed by atoms with Gasteiger partial charge in [0.25, 0.3) is 5.56 Å². The predicted molar refractivity (Wildman–Crippen MR) is 83.7 cm³/mol. The number of carbonyl (C=O) groups is 1. The maximum atomic E-state index is 12.5. The summed E-state index contributed by atoms with van der Waals surface area (Å²) in [5.41, 5.74) is 0.327. The molecular weight excluding hydrogens is 268 g/mol. The van der Waals surface area contributed by atoms with Crippen LogP contribution in [0, 0.1) is 12.8 Å². The Kier molecular flexibility index (Phi) is 6.12. The highest BCUT2D eigenvalue weighted by atomic mass is 16.2. The molecular formula is C16H26N2O3. The molecule has 1 aromatic heterocycles. The third-order valence-corrected chi connectivity index (χ3v) is 4.16. The van der Waals surface area contributed by atoms with Gasteiger partial charge in [-0.2, -0.15) is 0 Å². The van der Waals surface area contributed by atoms with Crippen LogP contribution in [0.5, 0.6) is 0 Å². The number of hydrogen-bond acceptors (Lipinski definition) is 3. The summed E-state index contributed by atoms with van der Waals surface area (Å²) < 4.78 is 2.50. The Hall–Kier alpha value is -1.65. The summed E-state index contributed by atoms with van der Waals surface area (Å²) in [6.07, 6.45) is 3.76. The van der Waals surface area contributed by atoms with Crippen LogP contribution in [0.1, 0.15) is 50.8 Å². The van der Waals surface area contributed by atoms with E-state index in [0.717, 1.165) is 30.3 Å². The lowest BCUT2D eigenvalue weighted by molar-refractivity contribution is -0.122. The second kappa shape index (κ2) is 7.38. The molecule has 21 heavy (non-hydrogen) atoms. The normalized spacial score (nSPS) is 11.1. The van der Waals surface area contributed by atoms with Crippen molar-refractivity contribution in [2.24, 2.45) is 20.0 Å². The van der Waals surface area contributed by atoms with E-state index in [4.69, 9.17) is 0 Å². The van der Waals surface area contributed by atoms with Crippen molar-refractivity contribution in [2.45, 2.75) is 52.9 Å². The van der Waals surface area contributed by atoms with Gasteiger partial charge in [-0.25, -0.2) is 4.79 Å². The molecule has 1 heterocycles. The maximum Gasteiger partial charge on any atom is 0.330 e. The lowest BCUT2D eigenvalue weighted by Crippen LogP contribution is -2.41. The van der Waals surface area contributed by atoms with Crippen LogP contribution in [0.4, 0.5) is 0 Å². The Labute approximate surface area is 125 Å². The maximum absolute atomic E-state index is 12.5. The smallest absolute Gasteiger partial charge is 0.301 e. The Bertz CT molecular complexity index is 620. The van der Waals surface area contributed by atoms with Crippen LogP contribution < -0.4 is 11.2 Å². The van der Waals surface area contributed by atoms with Gasteiger partial charge in [0.15, 0.2) is 0 Å². The molecule has 0 saturated heterocycles. The second-order valence-corrected chi connectivity index (χ2v) is 5.69. The van der Waals surface area contributed by atoms with Crippen LogP contribution in [-0.2, 0) is 25.3 Å². The molecule has 5 nitrogen and oxygen atoms in total. The Morgan fingerprint density at radius 2 is 1.57 bits per heavy atom. The molecule has 0 aliphatic carbocycles. The van der Waals surface area contributed by atoms with Crippen LogP contribution in [0.2, 0.25) is 0 Å². The standard InChI is InChI=1S/C16H26N2O3/c1-6-8-12(9-7-2)14(19)10-13-11(3)17(4)16(21)18(5)15(13)20/h12H,6-10H2,1-5H3. The molecule has 0 aliphatic rings. The molecule has 0 aromatic carbocycles. The molecule has 0 radical (unpaired) electrons. The van der Waals surface area contributed by atoms with Crippen molar-refractivity contribution in [3.63, 3.8) is 0 Å². The van der Waals surface area contributed by atoms with E-state index >= 15 is 0 Å². The van der Waals surface area contributed by atoms with Crippen molar-refractivity contribution in [3.8, 4) is 0 Å². The monoisotopic (exact) mass is 294 g/mol. The van der Waals surface area contributed by atoms with Crippen molar-refractivity contribution in [1.82, 2.24) is 9.13 Å². The first-order valence-electron chi connectivity index (χ1n) is 7.63. The Morgan fingerprint density at radius 3 is 2.05 bits per heavy atom. The van der Waals surface area contributed by atoms with Gasteiger partial charge in [0.2, 0.25) is 0 Å². The fraction of sp³-hybridized carbons (Fsp3) is 0.688. The molecule has 0 spiro atoms. The van der Waals surface area contributed by atoms with E-state index in [1.807, 2.05) is 0 Å². The van der Waals surface area contributed by atoms with E-state index in [9.17, 15) is 14.4 Å². The third kappa shape index (κ3) is 3.71. The number of rotatable bonds is 7. The molecule has 0 amide bonds. The molecule has 0 aliphatic heterocycles. The molecule has 0 fully saturated rings. The number of aromatic nitrogens is 2. The topological polar surface area (TPSA) is 61.1 Å². The van der Waals surface area contributed by atoms with Crippen molar-refractivity contribution < 1.29 is 4.79 Å². The highest BCUT2D eigenvalue weighted by Crippen LogP contribution is 2.17. The Morgan fingerprint density at radius 1 is 1.05 bits per heavy atom. The minimum Gasteiger partial charge on any atom is -0.301 e. The van der Waals surface area contributed by atoms with Crippen LogP contribution in [0.15, 0.2) is 9.59 Å². The minimum atomic E-state index is -0.354. The van der Waals surface area contributed by atoms with Gasteiger partial charge < -0.3 is 4.57 Å². The highest BCUT2D eigenvalue weighted by Gasteiger charge is 2.21. The van der Waals surface area contributed by atoms with Gasteiger partial charge in [-0.05, 0) is 19.8 Å². The van der Waals surface area contributed by atoms with Crippen molar-refractivity contribution >= 4 is 5.78 Å². The first kappa shape index (κ1) is 17.4.